The first-order valence-corrected chi connectivity index (χ1v) is 9.00. The number of aliphatic hydroxyl groups is 1. The second-order valence-corrected chi connectivity index (χ2v) is 7.25. The van der Waals surface area contributed by atoms with E-state index in [1.807, 2.05) is 30.3 Å². The first-order chi connectivity index (χ1) is 12.2. The van der Waals surface area contributed by atoms with Gasteiger partial charge < -0.3 is 9.84 Å². The predicted molar refractivity (Wildman–Crippen MR) is 94.9 cm³/mol. The lowest BCUT2D eigenvalue weighted by Crippen LogP contribution is -2.55. The number of carbonyl (C=O) groups is 1. The third-order valence-corrected chi connectivity index (χ3v) is 5.96. The molecule has 3 fully saturated rings. The molecule has 1 unspecified atom stereocenters. The van der Waals surface area contributed by atoms with Crippen LogP contribution in [0.25, 0.3) is 10.9 Å². The molecule has 3 aliphatic heterocycles. The van der Waals surface area contributed by atoms with Crippen molar-refractivity contribution >= 4 is 16.9 Å². The van der Waals surface area contributed by atoms with Crippen LogP contribution in [0.1, 0.15) is 30.9 Å². The normalized spacial score (nSPS) is 29.5. The fourth-order valence-corrected chi connectivity index (χ4v) is 4.62. The summed E-state index contributed by atoms with van der Waals surface area (Å²) in [5.41, 5.74) is 1.87. The number of aliphatic hydroxyl groups excluding tert-OH is 1. The van der Waals surface area contributed by atoms with Crippen LogP contribution in [0.4, 0.5) is 0 Å². The number of piperidine rings is 3. The summed E-state index contributed by atoms with van der Waals surface area (Å²) in [7, 11) is 1.45. The number of rotatable bonds is 4. The van der Waals surface area contributed by atoms with Gasteiger partial charge in [0, 0.05) is 30.6 Å². The van der Waals surface area contributed by atoms with E-state index >= 15 is 0 Å². The number of esters is 1. The van der Waals surface area contributed by atoms with E-state index < -0.39 is 6.10 Å². The molecule has 132 valence electrons. The zero-order valence-corrected chi connectivity index (χ0v) is 14.5. The molecule has 25 heavy (non-hydrogen) atoms. The fourth-order valence-electron chi connectivity index (χ4n) is 4.62. The van der Waals surface area contributed by atoms with Crippen molar-refractivity contribution in [3.8, 4) is 0 Å². The first-order valence-electron chi connectivity index (χ1n) is 9.00. The topological polar surface area (TPSA) is 62.7 Å². The molecule has 0 aliphatic carbocycles. The number of para-hydroxylation sites is 1. The SMILES string of the molecule is COC(=O)C[C@H]1CN2CC[C@H]1C[C@H]2[C@H](O)c1ccnc2ccccc12. The number of fused-ring (bicyclic) bond motifs is 4. The van der Waals surface area contributed by atoms with Gasteiger partial charge in [-0.05, 0) is 48.9 Å². The summed E-state index contributed by atoms with van der Waals surface area (Å²) in [6, 6.07) is 10.00. The summed E-state index contributed by atoms with van der Waals surface area (Å²) in [5, 5.41) is 12.1. The Morgan fingerprint density at radius 2 is 2.24 bits per heavy atom. The monoisotopic (exact) mass is 340 g/mol. The number of hydrogen-bond acceptors (Lipinski definition) is 5. The van der Waals surface area contributed by atoms with E-state index in [2.05, 4.69) is 9.88 Å². The Morgan fingerprint density at radius 3 is 3.00 bits per heavy atom. The minimum atomic E-state index is -0.533. The van der Waals surface area contributed by atoms with E-state index in [0.717, 1.165) is 42.4 Å². The molecule has 5 nitrogen and oxygen atoms in total. The van der Waals surface area contributed by atoms with Crippen molar-refractivity contribution in [3.63, 3.8) is 0 Å². The maximum absolute atomic E-state index is 11.6. The number of methoxy groups -OCH3 is 1. The number of ether oxygens (including phenoxy) is 1. The Morgan fingerprint density at radius 1 is 1.40 bits per heavy atom. The minimum Gasteiger partial charge on any atom is -0.469 e. The van der Waals surface area contributed by atoms with Crippen LogP contribution in [0.5, 0.6) is 0 Å². The molecular weight excluding hydrogens is 316 g/mol. The van der Waals surface area contributed by atoms with Crippen molar-refractivity contribution in [2.75, 3.05) is 20.2 Å². The number of carbonyl (C=O) groups excluding carboxylic acids is 1. The Hall–Kier alpha value is -1.98. The van der Waals surface area contributed by atoms with E-state index in [0.29, 0.717) is 18.3 Å². The molecule has 3 aliphatic rings. The van der Waals surface area contributed by atoms with Crippen molar-refractivity contribution in [3.05, 3.63) is 42.1 Å². The lowest BCUT2D eigenvalue weighted by atomic mass is 9.72. The maximum atomic E-state index is 11.6. The van der Waals surface area contributed by atoms with Crippen LogP contribution >= 0.6 is 0 Å². The summed E-state index contributed by atoms with van der Waals surface area (Å²) in [6.07, 6.45) is 3.76. The van der Waals surface area contributed by atoms with E-state index in [1.54, 1.807) is 6.20 Å². The second-order valence-electron chi connectivity index (χ2n) is 7.25. The van der Waals surface area contributed by atoms with E-state index in [9.17, 15) is 9.90 Å². The second kappa shape index (κ2) is 6.73. The van der Waals surface area contributed by atoms with E-state index in [1.165, 1.54) is 7.11 Å². The van der Waals surface area contributed by atoms with Gasteiger partial charge in [-0.25, -0.2) is 0 Å². The van der Waals surface area contributed by atoms with Gasteiger partial charge in [0.05, 0.1) is 18.7 Å². The van der Waals surface area contributed by atoms with Gasteiger partial charge in [-0.2, -0.15) is 0 Å². The summed E-state index contributed by atoms with van der Waals surface area (Å²) in [4.78, 5) is 18.4. The highest BCUT2D eigenvalue weighted by Gasteiger charge is 2.43. The molecule has 0 saturated carbocycles. The van der Waals surface area contributed by atoms with Gasteiger partial charge in [-0.3, -0.25) is 14.7 Å². The summed E-state index contributed by atoms with van der Waals surface area (Å²) in [6.45, 7) is 1.86. The molecule has 3 saturated heterocycles. The minimum absolute atomic E-state index is 0.110. The van der Waals surface area contributed by atoms with Crippen molar-refractivity contribution in [2.45, 2.75) is 31.4 Å². The van der Waals surface area contributed by atoms with E-state index in [4.69, 9.17) is 4.74 Å². The third kappa shape index (κ3) is 3.02. The van der Waals surface area contributed by atoms with Crippen molar-refractivity contribution < 1.29 is 14.6 Å². The lowest BCUT2D eigenvalue weighted by molar-refractivity contribution is -0.144. The standard InChI is InChI=1S/C20H24N2O3/c1-25-19(23)11-14-12-22-9-7-13(14)10-18(22)20(24)16-6-8-21-17-5-3-2-4-15(16)17/h2-6,8,13-14,18,20,24H,7,9-12H2,1H3/t13-,14-,18-,20+/m0/s1. The number of aromatic nitrogens is 1. The zero-order valence-electron chi connectivity index (χ0n) is 14.5. The van der Waals surface area contributed by atoms with Crippen LogP contribution in [-0.2, 0) is 9.53 Å². The zero-order chi connectivity index (χ0) is 17.4. The lowest BCUT2D eigenvalue weighted by Gasteiger charge is -2.51. The molecule has 5 heteroatoms. The summed E-state index contributed by atoms with van der Waals surface area (Å²) >= 11 is 0. The average molecular weight is 340 g/mol. The smallest absolute Gasteiger partial charge is 0.305 e. The van der Waals surface area contributed by atoms with Crippen molar-refractivity contribution in [1.82, 2.24) is 9.88 Å². The van der Waals surface area contributed by atoms with Gasteiger partial charge >= 0.3 is 5.97 Å². The highest BCUT2D eigenvalue weighted by atomic mass is 16.5. The Bertz CT molecular complexity index is 773. The van der Waals surface area contributed by atoms with Gasteiger partial charge in [0.15, 0.2) is 0 Å². The number of benzene rings is 1. The van der Waals surface area contributed by atoms with Crippen molar-refractivity contribution in [1.29, 1.82) is 0 Å². The molecular formula is C20H24N2O3. The summed E-state index contributed by atoms with van der Waals surface area (Å²) in [5.74, 6) is 0.701. The highest BCUT2D eigenvalue weighted by Crippen LogP contribution is 2.42. The third-order valence-electron chi connectivity index (χ3n) is 5.96. The Balaban J connectivity index is 1.56. The number of hydrogen-bond donors (Lipinski definition) is 1. The van der Waals surface area contributed by atoms with Crippen LogP contribution in [0, 0.1) is 11.8 Å². The molecule has 0 radical (unpaired) electrons. The Labute approximate surface area is 147 Å². The highest BCUT2D eigenvalue weighted by molar-refractivity contribution is 5.82. The number of nitrogens with zero attached hydrogens (tertiary/aromatic N) is 2. The van der Waals surface area contributed by atoms with Crippen LogP contribution in [0.2, 0.25) is 0 Å². The fraction of sp³-hybridized carbons (Fsp3) is 0.500. The molecule has 1 aromatic carbocycles. The molecule has 0 amide bonds. The van der Waals surface area contributed by atoms with Gasteiger partial charge in [0.2, 0.25) is 0 Å². The number of pyridine rings is 1. The van der Waals surface area contributed by atoms with Crippen LogP contribution in [-0.4, -0.2) is 47.2 Å². The molecule has 5 rings (SSSR count). The largest absolute Gasteiger partial charge is 0.469 e. The molecule has 1 N–H and O–H groups in total. The predicted octanol–water partition coefficient (Wildman–Crippen LogP) is 2.54. The van der Waals surface area contributed by atoms with Crippen LogP contribution in [0.3, 0.4) is 0 Å². The Kier molecular flexibility index (Phi) is 4.44. The van der Waals surface area contributed by atoms with Crippen molar-refractivity contribution in [2.24, 2.45) is 11.8 Å². The quantitative estimate of drug-likeness (QED) is 0.867. The molecule has 1 aromatic heterocycles. The van der Waals surface area contributed by atoms with Gasteiger partial charge in [-0.1, -0.05) is 18.2 Å². The van der Waals surface area contributed by atoms with E-state index in [-0.39, 0.29) is 12.0 Å². The van der Waals surface area contributed by atoms with Gasteiger partial charge in [0.1, 0.15) is 0 Å². The molecule has 2 bridgehead atoms. The summed E-state index contributed by atoms with van der Waals surface area (Å²) < 4.78 is 4.84. The first kappa shape index (κ1) is 16.5. The van der Waals surface area contributed by atoms with Gasteiger partial charge in [0.25, 0.3) is 0 Å². The van der Waals surface area contributed by atoms with Crippen LogP contribution < -0.4 is 0 Å². The molecule has 2 aromatic rings. The molecule has 5 atom stereocenters. The molecule has 4 heterocycles. The van der Waals surface area contributed by atoms with Crippen LogP contribution in [0.15, 0.2) is 36.5 Å². The van der Waals surface area contributed by atoms with Gasteiger partial charge in [-0.15, -0.1) is 0 Å². The molecule has 0 spiro atoms. The average Bonchev–Trinajstić information content (AvgIpc) is 2.67. The maximum Gasteiger partial charge on any atom is 0.305 e.